The summed E-state index contributed by atoms with van der Waals surface area (Å²) < 4.78 is 0. The lowest BCUT2D eigenvalue weighted by atomic mass is 9.81. The lowest BCUT2D eigenvalue weighted by Gasteiger charge is -2.46. The Balaban J connectivity index is 2.87. The fraction of sp³-hybridized carbons (Fsp3) is 1.00. The summed E-state index contributed by atoms with van der Waals surface area (Å²) in [5.74, 6) is 1.65. The predicted molar refractivity (Wildman–Crippen MR) is 90.2 cm³/mol. The van der Waals surface area contributed by atoms with E-state index in [0.29, 0.717) is 6.04 Å². The maximum atomic E-state index is 3.77. The van der Waals surface area contributed by atoms with Gasteiger partial charge in [0.15, 0.2) is 0 Å². The van der Waals surface area contributed by atoms with Crippen molar-refractivity contribution in [2.45, 2.75) is 91.8 Å². The molecular formula is C18H38N2. The molecule has 120 valence electrons. The highest BCUT2D eigenvalue weighted by Gasteiger charge is 2.35. The molecule has 1 aliphatic carbocycles. The molecule has 0 spiro atoms. The van der Waals surface area contributed by atoms with Crippen LogP contribution in [-0.2, 0) is 0 Å². The van der Waals surface area contributed by atoms with Gasteiger partial charge in [-0.2, -0.15) is 0 Å². The Kier molecular flexibility index (Phi) is 8.13. The van der Waals surface area contributed by atoms with Crippen LogP contribution in [0.4, 0.5) is 0 Å². The van der Waals surface area contributed by atoms with Crippen molar-refractivity contribution < 1.29 is 0 Å². The quantitative estimate of drug-likeness (QED) is 0.714. The van der Waals surface area contributed by atoms with Crippen LogP contribution in [0, 0.1) is 11.8 Å². The van der Waals surface area contributed by atoms with Crippen molar-refractivity contribution in [1.82, 2.24) is 10.2 Å². The van der Waals surface area contributed by atoms with Crippen LogP contribution in [-0.4, -0.2) is 36.1 Å². The second kappa shape index (κ2) is 9.04. The predicted octanol–water partition coefficient (Wildman–Crippen LogP) is 4.30. The van der Waals surface area contributed by atoms with Crippen molar-refractivity contribution in [2.24, 2.45) is 11.8 Å². The first-order valence-corrected chi connectivity index (χ1v) is 9.02. The van der Waals surface area contributed by atoms with Crippen LogP contribution < -0.4 is 5.32 Å². The minimum Gasteiger partial charge on any atom is -0.313 e. The Labute approximate surface area is 127 Å². The van der Waals surface area contributed by atoms with Crippen LogP contribution in [0.2, 0.25) is 0 Å². The van der Waals surface area contributed by atoms with Gasteiger partial charge in [0.25, 0.3) is 0 Å². The molecule has 0 amide bonds. The lowest BCUT2D eigenvalue weighted by molar-refractivity contribution is 0.0491. The normalized spacial score (nSPS) is 27.8. The molecule has 0 aliphatic heterocycles. The van der Waals surface area contributed by atoms with E-state index in [1.54, 1.807) is 0 Å². The molecule has 3 atom stereocenters. The molecule has 20 heavy (non-hydrogen) atoms. The van der Waals surface area contributed by atoms with Crippen LogP contribution in [0.5, 0.6) is 0 Å². The van der Waals surface area contributed by atoms with E-state index >= 15 is 0 Å². The average Bonchev–Trinajstić information content (AvgIpc) is 2.41. The van der Waals surface area contributed by atoms with Crippen molar-refractivity contribution in [3.63, 3.8) is 0 Å². The fourth-order valence-electron chi connectivity index (χ4n) is 3.95. The zero-order valence-corrected chi connectivity index (χ0v) is 14.8. The molecule has 1 rings (SSSR count). The highest BCUT2D eigenvalue weighted by atomic mass is 15.2. The van der Waals surface area contributed by atoms with Crippen LogP contribution in [0.3, 0.4) is 0 Å². The summed E-state index contributed by atoms with van der Waals surface area (Å²) in [7, 11) is 0. The van der Waals surface area contributed by atoms with Crippen LogP contribution in [0.15, 0.2) is 0 Å². The van der Waals surface area contributed by atoms with Crippen molar-refractivity contribution in [3.05, 3.63) is 0 Å². The number of hydrogen-bond donors (Lipinski definition) is 1. The molecule has 0 aromatic carbocycles. The monoisotopic (exact) mass is 282 g/mol. The third kappa shape index (κ3) is 5.04. The lowest BCUT2D eigenvalue weighted by Crippen LogP contribution is -2.56. The number of likely N-dealkylation sites (N-methyl/N-ethyl adjacent to an activating group) is 1. The van der Waals surface area contributed by atoms with Gasteiger partial charge in [0.05, 0.1) is 0 Å². The molecule has 1 fully saturated rings. The molecule has 0 saturated heterocycles. The molecule has 2 heteroatoms. The Bertz CT molecular complexity index is 248. The van der Waals surface area contributed by atoms with Gasteiger partial charge < -0.3 is 5.32 Å². The second-order valence-corrected chi connectivity index (χ2v) is 7.21. The molecular weight excluding hydrogens is 244 g/mol. The van der Waals surface area contributed by atoms with Crippen LogP contribution >= 0.6 is 0 Å². The SMILES string of the molecule is CCNC1CCC(C)CC1N(CC(C)C)C(CC)CC. The van der Waals surface area contributed by atoms with E-state index in [1.807, 2.05) is 0 Å². The first kappa shape index (κ1) is 18.0. The van der Waals surface area contributed by atoms with Gasteiger partial charge in [-0.05, 0) is 50.5 Å². The van der Waals surface area contributed by atoms with Gasteiger partial charge in [-0.1, -0.05) is 41.5 Å². The number of hydrogen-bond acceptors (Lipinski definition) is 2. The largest absolute Gasteiger partial charge is 0.313 e. The smallest absolute Gasteiger partial charge is 0.0254 e. The zero-order chi connectivity index (χ0) is 15.1. The van der Waals surface area contributed by atoms with E-state index < -0.39 is 0 Å². The third-order valence-electron chi connectivity index (χ3n) is 4.96. The molecule has 1 aliphatic rings. The van der Waals surface area contributed by atoms with Gasteiger partial charge in [-0.3, -0.25) is 4.90 Å². The molecule has 0 bridgehead atoms. The summed E-state index contributed by atoms with van der Waals surface area (Å²) in [5.41, 5.74) is 0. The zero-order valence-electron chi connectivity index (χ0n) is 14.8. The number of rotatable bonds is 8. The summed E-state index contributed by atoms with van der Waals surface area (Å²) in [6, 6.07) is 2.20. The van der Waals surface area contributed by atoms with E-state index in [2.05, 4.69) is 51.8 Å². The van der Waals surface area contributed by atoms with E-state index in [1.165, 1.54) is 38.6 Å². The van der Waals surface area contributed by atoms with Crippen molar-refractivity contribution in [3.8, 4) is 0 Å². The highest BCUT2D eigenvalue weighted by molar-refractivity contribution is 4.92. The number of nitrogens with one attached hydrogen (secondary N) is 1. The first-order valence-electron chi connectivity index (χ1n) is 9.02. The minimum absolute atomic E-state index is 0.704. The van der Waals surface area contributed by atoms with E-state index in [4.69, 9.17) is 0 Å². The van der Waals surface area contributed by atoms with E-state index in [0.717, 1.165) is 30.5 Å². The standard InChI is InChI=1S/C18H38N2/c1-7-16(8-2)20(13-14(4)5)18-12-15(6)10-11-17(18)19-9-3/h14-19H,7-13H2,1-6H3. The Morgan fingerprint density at radius 1 is 1.10 bits per heavy atom. The summed E-state index contributed by atoms with van der Waals surface area (Å²) >= 11 is 0. The number of nitrogens with zero attached hydrogens (tertiary/aromatic N) is 1. The molecule has 0 heterocycles. The maximum Gasteiger partial charge on any atom is 0.0254 e. The van der Waals surface area contributed by atoms with Gasteiger partial charge >= 0.3 is 0 Å². The van der Waals surface area contributed by atoms with Gasteiger partial charge in [0, 0.05) is 24.7 Å². The molecule has 0 radical (unpaired) electrons. The molecule has 1 saturated carbocycles. The van der Waals surface area contributed by atoms with Gasteiger partial charge in [-0.25, -0.2) is 0 Å². The van der Waals surface area contributed by atoms with Gasteiger partial charge in [0.2, 0.25) is 0 Å². The third-order valence-corrected chi connectivity index (χ3v) is 4.96. The second-order valence-electron chi connectivity index (χ2n) is 7.21. The highest BCUT2D eigenvalue weighted by Crippen LogP contribution is 2.30. The van der Waals surface area contributed by atoms with E-state index in [-0.39, 0.29) is 0 Å². The van der Waals surface area contributed by atoms with Crippen molar-refractivity contribution in [1.29, 1.82) is 0 Å². The van der Waals surface area contributed by atoms with Crippen LogP contribution in [0.25, 0.3) is 0 Å². The Morgan fingerprint density at radius 2 is 1.75 bits per heavy atom. The Morgan fingerprint density at radius 3 is 2.25 bits per heavy atom. The van der Waals surface area contributed by atoms with Crippen molar-refractivity contribution in [2.75, 3.05) is 13.1 Å². The van der Waals surface area contributed by atoms with Crippen molar-refractivity contribution >= 4 is 0 Å². The summed E-state index contributed by atoms with van der Waals surface area (Å²) in [6.07, 6.45) is 6.70. The Hall–Kier alpha value is -0.0800. The molecule has 0 aromatic rings. The van der Waals surface area contributed by atoms with Crippen LogP contribution in [0.1, 0.15) is 73.6 Å². The van der Waals surface area contributed by atoms with Gasteiger partial charge in [-0.15, -0.1) is 0 Å². The fourth-order valence-corrected chi connectivity index (χ4v) is 3.95. The minimum atomic E-state index is 0.704. The van der Waals surface area contributed by atoms with E-state index in [9.17, 15) is 0 Å². The molecule has 1 N–H and O–H groups in total. The topological polar surface area (TPSA) is 15.3 Å². The summed E-state index contributed by atoms with van der Waals surface area (Å²) in [4.78, 5) is 2.85. The molecule has 2 nitrogen and oxygen atoms in total. The first-order chi connectivity index (χ1) is 9.53. The summed E-state index contributed by atoms with van der Waals surface area (Å²) in [5, 5.41) is 3.77. The maximum absolute atomic E-state index is 3.77. The average molecular weight is 283 g/mol. The summed E-state index contributed by atoms with van der Waals surface area (Å²) in [6.45, 7) is 16.5. The molecule has 3 unspecified atom stereocenters. The molecule has 0 aromatic heterocycles. The van der Waals surface area contributed by atoms with Gasteiger partial charge in [0.1, 0.15) is 0 Å².